The summed E-state index contributed by atoms with van der Waals surface area (Å²) in [6.07, 6.45) is 0. The van der Waals surface area contributed by atoms with Crippen LogP contribution in [0.3, 0.4) is 0 Å². The lowest BCUT2D eigenvalue weighted by atomic mass is 10.3. The molecule has 56 valence electrons. The molecule has 0 aromatic heterocycles. The molecule has 0 N–H and O–H groups in total. The smallest absolute Gasteiger partial charge is 0.380 e. The molecule has 1 aromatic carbocycles. The first-order valence-electron chi connectivity index (χ1n) is 2.66. The second-order valence-electron chi connectivity index (χ2n) is 1.84. The maximum atomic E-state index is 11.0. The highest BCUT2D eigenvalue weighted by Crippen LogP contribution is 2.34. The molecule has 0 aliphatic carbocycles. The van der Waals surface area contributed by atoms with Crippen molar-refractivity contribution in [3.8, 4) is 5.75 Å². The normalized spacial score (nSPS) is 9.18. The average molecular weight is 233 g/mol. The van der Waals surface area contributed by atoms with Crippen LogP contribution in [0.15, 0.2) is 16.6 Å². The third-order valence-corrected chi connectivity index (χ3v) is 1.90. The van der Waals surface area contributed by atoms with E-state index >= 15 is 0 Å². The van der Waals surface area contributed by atoms with Crippen molar-refractivity contribution in [3.05, 3.63) is 26.6 Å². The Kier molecular flexibility index (Phi) is 2.32. The van der Waals surface area contributed by atoms with E-state index in [0.29, 0.717) is 5.02 Å². The van der Waals surface area contributed by atoms with Crippen LogP contribution >= 0.6 is 27.5 Å². The van der Waals surface area contributed by atoms with Gasteiger partial charge in [-0.2, -0.15) is 0 Å². The van der Waals surface area contributed by atoms with Crippen molar-refractivity contribution >= 4 is 33.2 Å². The molecule has 0 saturated heterocycles. The summed E-state index contributed by atoms with van der Waals surface area (Å²) < 4.78 is 0.290. The van der Waals surface area contributed by atoms with Gasteiger partial charge in [-0.1, -0.05) is 27.5 Å². The van der Waals surface area contributed by atoms with Crippen molar-refractivity contribution in [2.45, 2.75) is 0 Å². The van der Waals surface area contributed by atoms with E-state index in [2.05, 4.69) is 20.9 Å². The summed E-state index contributed by atoms with van der Waals surface area (Å²) in [6, 6.07) is 2.73. The van der Waals surface area contributed by atoms with Crippen molar-refractivity contribution in [3.63, 3.8) is 0 Å². The zero-order chi connectivity index (χ0) is 8.43. The topological polar surface area (TPSA) is 51.2 Å². The zero-order valence-corrected chi connectivity index (χ0v) is 7.56. The van der Waals surface area contributed by atoms with Crippen LogP contribution in [0.1, 0.15) is 0 Å². The number of hydrogen-bond donors (Lipinski definition) is 0. The van der Waals surface area contributed by atoms with Crippen molar-refractivity contribution in [1.82, 2.24) is 0 Å². The molecule has 1 aromatic rings. The van der Waals surface area contributed by atoms with E-state index in [4.69, 9.17) is 17.0 Å². The van der Waals surface area contributed by atoms with E-state index in [0.717, 1.165) is 0 Å². The van der Waals surface area contributed by atoms with Crippen LogP contribution in [-0.2, 0) is 0 Å². The molecule has 0 fully saturated rings. The van der Waals surface area contributed by atoms with Gasteiger partial charge < -0.3 is 5.11 Å². The lowest BCUT2D eigenvalue weighted by Gasteiger charge is -2.03. The quantitative estimate of drug-likeness (QED) is 0.647. The van der Waals surface area contributed by atoms with E-state index in [-0.39, 0.29) is 15.9 Å². The first-order chi connectivity index (χ1) is 5.15. The molecule has 0 bridgehead atoms. The lowest BCUT2D eigenvalue weighted by Crippen LogP contribution is -1.90. The molecule has 0 radical (unpaired) electrons. The standard InChI is InChI=1S/C6H2BrClN2O/c7-4-1-3(8)2-5(10-9)6(4)11/h1-2H. The molecular weight excluding hydrogens is 231 g/mol. The number of benzene rings is 1. The summed E-state index contributed by atoms with van der Waals surface area (Å²) in [7, 11) is 0. The number of nitrogens with zero attached hydrogens (tertiary/aromatic N) is 2. The lowest BCUT2D eigenvalue weighted by molar-refractivity contribution is -0.268. The van der Waals surface area contributed by atoms with Crippen molar-refractivity contribution < 1.29 is 5.11 Å². The van der Waals surface area contributed by atoms with Gasteiger partial charge in [0.2, 0.25) is 5.39 Å². The van der Waals surface area contributed by atoms with E-state index in [1.54, 1.807) is 0 Å². The largest absolute Gasteiger partial charge is 0.866 e. The van der Waals surface area contributed by atoms with Crippen LogP contribution in [-0.4, -0.2) is 0 Å². The molecule has 0 aliphatic heterocycles. The van der Waals surface area contributed by atoms with Crippen molar-refractivity contribution in [1.29, 1.82) is 5.39 Å². The highest BCUT2D eigenvalue weighted by atomic mass is 79.9. The summed E-state index contributed by atoms with van der Waals surface area (Å²) in [5.74, 6) is -0.378. The second kappa shape index (κ2) is 3.07. The molecule has 0 amide bonds. The van der Waals surface area contributed by atoms with Gasteiger partial charge in [0, 0.05) is 15.2 Å². The molecule has 1 rings (SSSR count). The number of rotatable bonds is 0. The van der Waals surface area contributed by atoms with E-state index in [1.807, 2.05) is 0 Å². The average Bonchev–Trinajstić information content (AvgIpc) is 1.96. The summed E-state index contributed by atoms with van der Waals surface area (Å²) >= 11 is 8.53. The summed E-state index contributed by atoms with van der Waals surface area (Å²) in [5, 5.41) is 19.7. The Morgan fingerprint density at radius 3 is 2.73 bits per heavy atom. The molecule has 0 unspecified atom stereocenters. The van der Waals surface area contributed by atoms with Crippen LogP contribution in [0.2, 0.25) is 5.02 Å². The summed E-state index contributed by atoms with van der Waals surface area (Å²) in [6.45, 7) is 0. The molecule has 0 heterocycles. The minimum atomic E-state index is -0.378. The maximum Gasteiger partial charge on any atom is 0.380 e. The van der Waals surface area contributed by atoms with Crippen molar-refractivity contribution in [2.24, 2.45) is 0 Å². The van der Waals surface area contributed by atoms with Crippen LogP contribution in [0.5, 0.6) is 5.75 Å². The van der Waals surface area contributed by atoms with Crippen LogP contribution in [0.4, 0.5) is 5.69 Å². The Morgan fingerprint density at radius 2 is 2.18 bits per heavy atom. The molecule has 11 heavy (non-hydrogen) atoms. The Labute approximate surface area is 76.4 Å². The van der Waals surface area contributed by atoms with Gasteiger partial charge in [-0.05, 0) is 6.07 Å². The van der Waals surface area contributed by atoms with Gasteiger partial charge in [-0.3, -0.25) is 0 Å². The molecule has 0 atom stereocenters. The Balaban J connectivity index is 3.39. The molecule has 5 heteroatoms. The number of hydrogen-bond acceptors (Lipinski definition) is 2. The second-order valence-corrected chi connectivity index (χ2v) is 3.13. The van der Waals surface area contributed by atoms with Crippen LogP contribution in [0, 0.1) is 5.39 Å². The third kappa shape index (κ3) is 1.62. The van der Waals surface area contributed by atoms with Gasteiger partial charge in [-0.25, -0.2) is 0 Å². The fourth-order valence-corrected chi connectivity index (χ4v) is 1.42. The fourth-order valence-electron chi connectivity index (χ4n) is 0.621. The SMILES string of the molecule is N#[N+]c1cc(Cl)cc(Br)c1[O-]. The minimum Gasteiger partial charge on any atom is -0.866 e. The van der Waals surface area contributed by atoms with E-state index < -0.39 is 0 Å². The van der Waals surface area contributed by atoms with Crippen LogP contribution < -0.4 is 5.11 Å². The summed E-state index contributed by atoms with van der Waals surface area (Å²) in [4.78, 5) is 2.76. The zero-order valence-electron chi connectivity index (χ0n) is 5.21. The highest BCUT2D eigenvalue weighted by molar-refractivity contribution is 9.10. The van der Waals surface area contributed by atoms with E-state index in [9.17, 15) is 5.11 Å². The number of diazo groups is 1. The predicted molar refractivity (Wildman–Crippen MR) is 43.3 cm³/mol. The third-order valence-electron chi connectivity index (χ3n) is 1.10. The first-order valence-corrected chi connectivity index (χ1v) is 3.83. The maximum absolute atomic E-state index is 11.0. The molecular formula is C6H2BrClN2O. The fraction of sp³-hybridized carbons (Fsp3) is 0. The van der Waals surface area contributed by atoms with Gasteiger partial charge in [0.25, 0.3) is 0 Å². The van der Waals surface area contributed by atoms with Gasteiger partial charge in [0.15, 0.2) is 4.98 Å². The monoisotopic (exact) mass is 232 g/mol. The molecule has 3 nitrogen and oxygen atoms in total. The van der Waals surface area contributed by atoms with Gasteiger partial charge in [0.05, 0.1) is 6.07 Å². The van der Waals surface area contributed by atoms with Gasteiger partial charge in [0.1, 0.15) is 0 Å². The predicted octanol–water partition coefficient (Wildman–Crippen LogP) is 2.66. The van der Waals surface area contributed by atoms with E-state index in [1.165, 1.54) is 12.1 Å². The Morgan fingerprint density at radius 1 is 1.55 bits per heavy atom. The number of halogens is 2. The summed E-state index contributed by atoms with van der Waals surface area (Å²) in [5.41, 5.74) is -0.0654. The molecule has 0 spiro atoms. The Hall–Kier alpha value is -0.790. The molecule has 0 aliphatic rings. The Bertz CT molecular complexity index is 334. The van der Waals surface area contributed by atoms with Crippen molar-refractivity contribution in [2.75, 3.05) is 0 Å². The molecule has 0 saturated carbocycles. The van der Waals surface area contributed by atoms with Gasteiger partial charge >= 0.3 is 5.69 Å². The first kappa shape index (κ1) is 8.31. The van der Waals surface area contributed by atoms with Gasteiger partial charge in [-0.15, -0.1) is 0 Å². The minimum absolute atomic E-state index is 0.0654. The van der Waals surface area contributed by atoms with Crippen LogP contribution in [0.25, 0.3) is 4.98 Å². The highest BCUT2D eigenvalue weighted by Gasteiger charge is 2.09.